The fourth-order valence-electron chi connectivity index (χ4n) is 2.41. The molecule has 0 aliphatic heterocycles. The summed E-state index contributed by atoms with van der Waals surface area (Å²) in [6, 6.07) is 16.2. The van der Waals surface area contributed by atoms with E-state index in [4.69, 9.17) is 4.74 Å². The molecule has 2 aromatic rings. The molecule has 0 radical (unpaired) electrons. The lowest BCUT2D eigenvalue weighted by atomic mass is 10.0. The van der Waals surface area contributed by atoms with Gasteiger partial charge in [-0.25, -0.2) is 0 Å². The second-order valence-electron chi connectivity index (χ2n) is 5.92. The Balaban J connectivity index is 2.02. The van der Waals surface area contributed by atoms with Gasteiger partial charge in [0.05, 0.1) is 12.2 Å². The van der Waals surface area contributed by atoms with Crippen LogP contribution in [0.1, 0.15) is 31.4 Å². The fraction of sp³-hybridized carbons (Fsp3) is 0.286. The zero-order valence-corrected chi connectivity index (χ0v) is 14.3. The van der Waals surface area contributed by atoms with Crippen LogP contribution in [0.2, 0.25) is 0 Å². The van der Waals surface area contributed by atoms with Crippen molar-refractivity contribution >= 4 is 0 Å². The standard InChI is InChI=1S/C21H24O4/c1-16(22)14-17(15-25-18-9-3-2-4-10-18)8-7-13-21(24)19-11-5-6-12-20(19)23/h2-7,9-12,16,21-24H,13-15H2,1H3/t8?,16-,21+/m0/s1. The summed E-state index contributed by atoms with van der Waals surface area (Å²) in [7, 11) is 0. The number of hydrogen-bond acceptors (Lipinski definition) is 4. The van der Waals surface area contributed by atoms with E-state index in [1.165, 1.54) is 0 Å². The number of para-hydroxylation sites is 2. The van der Waals surface area contributed by atoms with Crippen molar-refractivity contribution < 1.29 is 20.1 Å². The van der Waals surface area contributed by atoms with Gasteiger partial charge in [0.2, 0.25) is 0 Å². The molecule has 0 unspecified atom stereocenters. The smallest absolute Gasteiger partial charge is 0.121 e. The van der Waals surface area contributed by atoms with Gasteiger partial charge in [-0.2, -0.15) is 0 Å². The Bertz CT molecular complexity index is 716. The van der Waals surface area contributed by atoms with Gasteiger partial charge in [-0.15, -0.1) is 5.73 Å². The number of benzene rings is 2. The summed E-state index contributed by atoms with van der Waals surface area (Å²) in [5.74, 6) is 0.825. The molecule has 0 aliphatic carbocycles. The highest BCUT2D eigenvalue weighted by atomic mass is 16.5. The summed E-state index contributed by atoms with van der Waals surface area (Å²) in [5, 5.41) is 29.6. The Labute approximate surface area is 148 Å². The van der Waals surface area contributed by atoms with Crippen LogP contribution in [-0.2, 0) is 0 Å². The molecule has 25 heavy (non-hydrogen) atoms. The first-order chi connectivity index (χ1) is 12.1. The molecule has 2 aromatic carbocycles. The van der Waals surface area contributed by atoms with Crippen LogP contribution in [0.15, 0.2) is 72.0 Å². The van der Waals surface area contributed by atoms with Gasteiger partial charge in [-0.1, -0.05) is 36.4 Å². The third-order valence-corrected chi connectivity index (χ3v) is 3.64. The number of aliphatic hydroxyl groups excluding tert-OH is 2. The van der Waals surface area contributed by atoms with Crippen molar-refractivity contribution in [3.63, 3.8) is 0 Å². The third-order valence-electron chi connectivity index (χ3n) is 3.64. The summed E-state index contributed by atoms with van der Waals surface area (Å²) in [6.07, 6.45) is 1.15. The van der Waals surface area contributed by atoms with Crippen LogP contribution in [-0.4, -0.2) is 28.0 Å². The number of phenols is 1. The molecule has 3 N–H and O–H groups in total. The van der Waals surface area contributed by atoms with E-state index >= 15 is 0 Å². The summed E-state index contributed by atoms with van der Waals surface area (Å²) in [6.45, 7) is 2.03. The molecular weight excluding hydrogens is 316 g/mol. The molecule has 0 heterocycles. The highest BCUT2D eigenvalue weighted by Gasteiger charge is 2.10. The minimum Gasteiger partial charge on any atom is -0.508 e. The van der Waals surface area contributed by atoms with Crippen LogP contribution in [0, 0.1) is 0 Å². The van der Waals surface area contributed by atoms with E-state index in [9.17, 15) is 15.3 Å². The lowest BCUT2D eigenvalue weighted by Gasteiger charge is -2.11. The number of aromatic hydroxyl groups is 1. The first-order valence-corrected chi connectivity index (χ1v) is 8.31. The molecule has 0 aromatic heterocycles. The van der Waals surface area contributed by atoms with Crippen molar-refractivity contribution in [1.82, 2.24) is 0 Å². The van der Waals surface area contributed by atoms with Crippen LogP contribution < -0.4 is 4.74 Å². The fourth-order valence-corrected chi connectivity index (χ4v) is 2.41. The molecule has 0 fully saturated rings. The van der Waals surface area contributed by atoms with Crippen molar-refractivity contribution in [2.45, 2.75) is 32.0 Å². The van der Waals surface area contributed by atoms with Gasteiger partial charge in [0, 0.05) is 24.0 Å². The highest BCUT2D eigenvalue weighted by molar-refractivity contribution is 5.33. The second-order valence-corrected chi connectivity index (χ2v) is 5.92. The predicted octanol–water partition coefficient (Wildman–Crippen LogP) is 3.75. The maximum absolute atomic E-state index is 10.2. The molecule has 4 nitrogen and oxygen atoms in total. The second kappa shape index (κ2) is 9.70. The Hall–Kier alpha value is -2.52. The number of phenolic OH excluding ortho intramolecular Hbond substituents is 1. The van der Waals surface area contributed by atoms with Gasteiger partial charge in [0.15, 0.2) is 0 Å². The average Bonchev–Trinajstić information content (AvgIpc) is 2.60. The van der Waals surface area contributed by atoms with Crippen molar-refractivity contribution in [3.05, 3.63) is 77.5 Å². The summed E-state index contributed by atoms with van der Waals surface area (Å²) >= 11 is 0. The van der Waals surface area contributed by atoms with Crippen LogP contribution in [0.5, 0.6) is 11.5 Å². The average molecular weight is 340 g/mol. The zero-order valence-electron chi connectivity index (χ0n) is 14.3. The molecule has 0 saturated carbocycles. The quantitative estimate of drug-likeness (QED) is 0.640. The van der Waals surface area contributed by atoms with E-state index in [0.717, 1.165) is 11.3 Å². The van der Waals surface area contributed by atoms with Gasteiger partial charge in [0.1, 0.15) is 18.1 Å². The summed E-state index contributed by atoms with van der Waals surface area (Å²) in [5.41, 5.74) is 4.40. The minimum atomic E-state index is -0.809. The van der Waals surface area contributed by atoms with Crippen molar-refractivity contribution in [1.29, 1.82) is 0 Å². The lowest BCUT2D eigenvalue weighted by Crippen LogP contribution is -2.07. The van der Waals surface area contributed by atoms with Gasteiger partial charge < -0.3 is 20.1 Å². The van der Waals surface area contributed by atoms with Crippen molar-refractivity contribution in [2.24, 2.45) is 0 Å². The molecule has 2 atom stereocenters. The topological polar surface area (TPSA) is 69.9 Å². The molecular formula is C21H24O4. The largest absolute Gasteiger partial charge is 0.508 e. The molecule has 4 heteroatoms. The molecule has 0 saturated heterocycles. The van der Waals surface area contributed by atoms with Gasteiger partial charge in [0.25, 0.3) is 0 Å². The normalized spacial score (nSPS) is 12.8. The summed E-state index contributed by atoms with van der Waals surface area (Å²) < 4.78 is 5.70. The molecule has 2 rings (SSSR count). The van der Waals surface area contributed by atoms with E-state index in [2.05, 4.69) is 5.73 Å². The monoisotopic (exact) mass is 340 g/mol. The van der Waals surface area contributed by atoms with E-state index in [-0.39, 0.29) is 5.75 Å². The van der Waals surface area contributed by atoms with Crippen LogP contribution in [0.3, 0.4) is 0 Å². The first-order valence-electron chi connectivity index (χ1n) is 8.31. The SMILES string of the molecule is C[C@H](O)CC(=C=CC[C@@H](O)c1ccccc1O)COc1ccccc1. The van der Waals surface area contributed by atoms with Gasteiger partial charge >= 0.3 is 0 Å². The maximum atomic E-state index is 10.2. The van der Waals surface area contributed by atoms with Gasteiger partial charge in [-0.05, 0) is 31.2 Å². The number of ether oxygens (including phenoxy) is 1. The van der Waals surface area contributed by atoms with E-state index in [1.807, 2.05) is 30.3 Å². The van der Waals surface area contributed by atoms with Crippen molar-refractivity contribution in [3.8, 4) is 11.5 Å². The van der Waals surface area contributed by atoms with Crippen LogP contribution in [0.25, 0.3) is 0 Å². The van der Waals surface area contributed by atoms with E-state index in [0.29, 0.717) is 25.0 Å². The van der Waals surface area contributed by atoms with Gasteiger partial charge in [-0.3, -0.25) is 0 Å². The number of rotatable bonds is 8. The molecule has 0 spiro atoms. The molecule has 0 amide bonds. The van der Waals surface area contributed by atoms with Crippen LogP contribution >= 0.6 is 0 Å². The van der Waals surface area contributed by atoms with E-state index < -0.39 is 12.2 Å². The highest BCUT2D eigenvalue weighted by Crippen LogP contribution is 2.25. The lowest BCUT2D eigenvalue weighted by molar-refractivity contribution is 0.177. The van der Waals surface area contributed by atoms with Crippen LogP contribution in [0.4, 0.5) is 0 Å². The first kappa shape index (κ1) is 18.8. The Morgan fingerprint density at radius 2 is 1.76 bits per heavy atom. The maximum Gasteiger partial charge on any atom is 0.121 e. The Morgan fingerprint density at radius 1 is 1.08 bits per heavy atom. The number of aliphatic hydroxyl groups is 2. The Kier molecular flexibility index (Phi) is 7.30. The predicted molar refractivity (Wildman–Crippen MR) is 97.5 cm³/mol. The van der Waals surface area contributed by atoms with E-state index in [1.54, 1.807) is 37.3 Å². The van der Waals surface area contributed by atoms with Crippen molar-refractivity contribution in [2.75, 3.05) is 6.61 Å². The summed E-state index contributed by atoms with van der Waals surface area (Å²) in [4.78, 5) is 0. The Morgan fingerprint density at radius 3 is 2.44 bits per heavy atom. The molecule has 0 bridgehead atoms. The third kappa shape index (κ3) is 6.48. The zero-order chi connectivity index (χ0) is 18.1. The number of hydrogen-bond donors (Lipinski definition) is 3. The molecule has 0 aliphatic rings. The molecule has 132 valence electrons. The minimum absolute atomic E-state index is 0.0731.